The maximum atomic E-state index is 10.8. The smallest absolute Gasteiger partial charge is 0.221 e. The molecule has 0 saturated heterocycles. The van der Waals surface area contributed by atoms with Crippen molar-refractivity contribution >= 4 is 22.9 Å². The average Bonchev–Trinajstić information content (AvgIpc) is 2.73. The topological polar surface area (TPSA) is 55.1 Å². The van der Waals surface area contributed by atoms with Crippen LogP contribution in [-0.2, 0) is 17.8 Å². The zero-order valence-corrected chi connectivity index (χ0v) is 11.1. The molecule has 4 heteroatoms. The summed E-state index contributed by atoms with van der Waals surface area (Å²) >= 11 is 1.76. The molecule has 2 aromatic rings. The second-order valence-corrected chi connectivity index (χ2v) is 5.22. The highest BCUT2D eigenvalue weighted by molar-refractivity contribution is 7.10. The predicted octanol–water partition coefficient (Wildman–Crippen LogP) is 2.70. The lowest BCUT2D eigenvalue weighted by molar-refractivity contribution is -0.117. The molecule has 3 nitrogen and oxygen atoms in total. The summed E-state index contributed by atoms with van der Waals surface area (Å²) in [4.78, 5) is 12.1. The molecule has 0 aliphatic rings. The lowest BCUT2D eigenvalue weighted by atomic mass is 10.1. The highest BCUT2D eigenvalue weighted by Crippen LogP contribution is 2.18. The molecule has 0 aliphatic heterocycles. The summed E-state index contributed by atoms with van der Waals surface area (Å²) in [6.45, 7) is 2.95. The third-order valence-corrected chi connectivity index (χ3v) is 3.78. The number of primary amides is 1. The summed E-state index contributed by atoms with van der Waals surface area (Å²) in [7, 11) is 0. The molecule has 0 aliphatic carbocycles. The van der Waals surface area contributed by atoms with E-state index < -0.39 is 0 Å². The molecule has 0 saturated carbocycles. The van der Waals surface area contributed by atoms with E-state index in [9.17, 15) is 4.79 Å². The average molecular weight is 260 g/mol. The number of hydrogen-bond acceptors (Lipinski definition) is 3. The first-order chi connectivity index (χ1) is 8.65. The number of nitrogens with two attached hydrogens (primary N) is 1. The standard InChI is InChI=1S/C14H16N2OS/c1-10-6-7-18-13(10)9-16-12-4-2-11(3-5-12)8-14(15)17/h2-7,16H,8-9H2,1H3,(H2,15,17). The Kier molecular flexibility index (Phi) is 3.99. The molecule has 3 N–H and O–H groups in total. The van der Waals surface area contributed by atoms with Gasteiger partial charge in [0.1, 0.15) is 0 Å². The van der Waals surface area contributed by atoms with Gasteiger partial charge in [0.2, 0.25) is 5.91 Å². The zero-order valence-electron chi connectivity index (χ0n) is 10.3. The number of rotatable bonds is 5. The van der Waals surface area contributed by atoms with Gasteiger partial charge in [-0.1, -0.05) is 12.1 Å². The first kappa shape index (κ1) is 12.6. The molecule has 2 rings (SSSR count). The van der Waals surface area contributed by atoms with E-state index in [1.807, 2.05) is 24.3 Å². The highest BCUT2D eigenvalue weighted by Gasteiger charge is 2.01. The second-order valence-electron chi connectivity index (χ2n) is 4.22. The Hall–Kier alpha value is -1.81. The molecule has 0 spiro atoms. The van der Waals surface area contributed by atoms with E-state index in [0.29, 0.717) is 6.42 Å². The number of nitrogens with one attached hydrogen (secondary N) is 1. The van der Waals surface area contributed by atoms with E-state index in [1.54, 1.807) is 11.3 Å². The van der Waals surface area contributed by atoms with Crippen LogP contribution in [0.1, 0.15) is 16.0 Å². The van der Waals surface area contributed by atoms with Crippen LogP contribution in [0.2, 0.25) is 0 Å². The van der Waals surface area contributed by atoms with Crippen LogP contribution in [0.5, 0.6) is 0 Å². The van der Waals surface area contributed by atoms with Crippen LogP contribution >= 0.6 is 11.3 Å². The summed E-state index contributed by atoms with van der Waals surface area (Å²) < 4.78 is 0. The molecule has 0 atom stereocenters. The van der Waals surface area contributed by atoms with E-state index in [-0.39, 0.29) is 5.91 Å². The van der Waals surface area contributed by atoms with Crippen molar-refractivity contribution in [2.45, 2.75) is 19.9 Å². The van der Waals surface area contributed by atoms with Crippen molar-refractivity contribution in [1.82, 2.24) is 0 Å². The molecule has 1 heterocycles. The van der Waals surface area contributed by atoms with Gasteiger partial charge < -0.3 is 11.1 Å². The third kappa shape index (κ3) is 3.34. The summed E-state index contributed by atoms with van der Waals surface area (Å²) in [5.74, 6) is -0.301. The van der Waals surface area contributed by atoms with Gasteiger partial charge in [-0.3, -0.25) is 4.79 Å². The summed E-state index contributed by atoms with van der Waals surface area (Å²) in [5, 5.41) is 5.46. The maximum Gasteiger partial charge on any atom is 0.221 e. The van der Waals surface area contributed by atoms with E-state index in [0.717, 1.165) is 17.8 Å². The van der Waals surface area contributed by atoms with Gasteiger partial charge in [0.05, 0.1) is 6.42 Å². The summed E-state index contributed by atoms with van der Waals surface area (Å²) in [6, 6.07) is 9.92. The summed E-state index contributed by atoms with van der Waals surface area (Å²) in [6.07, 6.45) is 0.296. The normalized spacial score (nSPS) is 10.3. The van der Waals surface area contributed by atoms with Crippen LogP contribution in [0.15, 0.2) is 35.7 Å². The molecule has 94 valence electrons. The Morgan fingerprint density at radius 3 is 2.56 bits per heavy atom. The quantitative estimate of drug-likeness (QED) is 0.868. The van der Waals surface area contributed by atoms with E-state index >= 15 is 0 Å². The summed E-state index contributed by atoms with van der Waals surface area (Å²) in [5.41, 5.74) is 8.46. The number of carbonyl (C=O) groups excluding carboxylic acids is 1. The van der Waals surface area contributed by atoms with Crippen LogP contribution in [-0.4, -0.2) is 5.91 Å². The molecular formula is C14H16N2OS. The molecule has 18 heavy (non-hydrogen) atoms. The van der Waals surface area contributed by atoms with Crippen molar-refractivity contribution in [3.05, 3.63) is 51.7 Å². The minimum Gasteiger partial charge on any atom is -0.380 e. The number of aryl methyl sites for hydroxylation is 1. The van der Waals surface area contributed by atoms with Crippen LogP contribution in [0.4, 0.5) is 5.69 Å². The number of thiophene rings is 1. The van der Waals surface area contributed by atoms with Gasteiger partial charge >= 0.3 is 0 Å². The Bertz CT molecular complexity index is 531. The number of benzene rings is 1. The lowest BCUT2D eigenvalue weighted by Gasteiger charge is -2.06. The van der Waals surface area contributed by atoms with Crippen molar-refractivity contribution in [3.63, 3.8) is 0 Å². The van der Waals surface area contributed by atoms with Gasteiger partial charge in [0.15, 0.2) is 0 Å². The molecular weight excluding hydrogens is 244 g/mol. The second kappa shape index (κ2) is 5.69. The molecule has 1 aromatic carbocycles. The number of anilines is 1. The monoisotopic (exact) mass is 260 g/mol. The van der Waals surface area contributed by atoms with Crippen LogP contribution < -0.4 is 11.1 Å². The fourth-order valence-corrected chi connectivity index (χ4v) is 2.56. The first-order valence-electron chi connectivity index (χ1n) is 5.79. The van der Waals surface area contributed by atoms with Gasteiger partial charge in [-0.2, -0.15) is 0 Å². The van der Waals surface area contributed by atoms with Gasteiger partial charge in [0, 0.05) is 17.1 Å². The third-order valence-electron chi connectivity index (χ3n) is 2.75. The van der Waals surface area contributed by atoms with E-state index in [2.05, 4.69) is 23.7 Å². The van der Waals surface area contributed by atoms with Crippen LogP contribution in [0.3, 0.4) is 0 Å². The number of amides is 1. The van der Waals surface area contributed by atoms with Crippen LogP contribution in [0, 0.1) is 6.92 Å². The fraction of sp³-hybridized carbons (Fsp3) is 0.214. The number of hydrogen-bond donors (Lipinski definition) is 2. The van der Waals surface area contributed by atoms with Gasteiger partial charge in [-0.25, -0.2) is 0 Å². The minimum absolute atomic E-state index is 0.296. The SMILES string of the molecule is Cc1ccsc1CNc1ccc(CC(N)=O)cc1. The lowest BCUT2D eigenvalue weighted by Crippen LogP contribution is -2.13. The Balaban J connectivity index is 1.94. The van der Waals surface area contributed by atoms with E-state index in [4.69, 9.17) is 5.73 Å². The fourth-order valence-electron chi connectivity index (χ4n) is 1.71. The van der Waals surface area contributed by atoms with Crippen molar-refractivity contribution in [2.24, 2.45) is 5.73 Å². The molecule has 0 radical (unpaired) electrons. The highest BCUT2D eigenvalue weighted by atomic mass is 32.1. The van der Waals surface area contributed by atoms with Crippen molar-refractivity contribution in [2.75, 3.05) is 5.32 Å². The predicted molar refractivity (Wildman–Crippen MR) is 75.7 cm³/mol. The van der Waals surface area contributed by atoms with E-state index in [1.165, 1.54) is 10.4 Å². The minimum atomic E-state index is -0.301. The zero-order chi connectivity index (χ0) is 13.0. The van der Waals surface area contributed by atoms with Crippen molar-refractivity contribution in [1.29, 1.82) is 0 Å². The van der Waals surface area contributed by atoms with Gasteiger partial charge in [-0.05, 0) is 41.6 Å². The maximum absolute atomic E-state index is 10.8. The largest absolute Gasteiger partial charge is 0.380 e. The van der Waals surface area contributed by atoms with Crippen molar-refractivity contribution < 1.29 is 4.79 Å². The first-order valence-corrected chi connectivity index (χ1v) is 6.67. The van der Waals surface area contributed by atoms with Gasteiger partial charge in [-0.15, -0.1) is 11.3 Å². The molecule has 0 fully saturated rings. The molecule has 0 bridgehead atoms. The Morgan fingerprint density at radius 1 is 1.28 bits per heavy atom. The van der Waals surface area contributed by atoms with Gasteiger partial charge in [0.25, 0.3) is 0 Å². The number of carbonyl (C=O) groups is 1. The Morgan fingerprint density at radius 2 is 2.00 bits per heavy atom. The molecule has 1 aromatic heterocycles. The molecule has 1 amide bonds. The van der Waals surface area contributed by atoms with Crippen LogP contribution in [0.25, 0.3) is 0 Å². The molecule has 0 unspecified atom stereocenters. The Labute approximate surface area is 111 Å². The van der Waals surface area contributed by atoms with Crippen molar-refractivity contribution in [3.8, 4) is 0 Å².